The zero-order valence-corrected chi connectivity index (χ0v) is 22.6. The molecule has 2 aromatic carbocycles. The summed E-state index contributed by atoms with van der Waals surface area (Å²) in [4.78, 5) is 21.8. The number of hydrogen-bond donors (Lipinski definition) is 2. The predicted molar refractivity (Wildman–Crippen MR) is 147 cm³/mol. The van der Waals surface area contributed by atoms with Crippen molar-refractivity contribution in [1.82, 2.24) is 18.8 Å². The van der Waals surface area contributed by atoms with E-state index < -0.39 is 44.8 Å². The van der Waals surface area contributed by atoms with Crippen LogP contribution in [0.25, 0.3) is 22.2 Å². The Labute approximate surface area is 233 Å². The first kappa shape index (κ1) is 28.1. The topological polar surface area (TPSA) is 133 Å². The second kappa shape index (κ2) is 11.2. The number of aromatic nitrogens is 3. The summed E-state index contributed by atoms with van der Waals surface area (Å²) >= 11 is 0. The predicted octanol–water partition coefficient (Wildman–Crippen LogP) is 3.50. The Morgan fingerprint density at radius 3 is 2.73 bits per heavy atom. The van der Waals surface area contributed by atoms with Gasteiger partial charge < -0.3 is 5.32 Å². The van der Waals surface area contributed by atoms with Crippen molar-refractivity contribution < 1.29 is 21.6 Å². The quantitative estimate of drug-likeness (QED) is 0.324. The summed E-state index contributed by atoms with van der Waals surface area (Å²) in [7, 11) is -2.92. The highest BCUT2D eigenvalue weighted by atomic mass is 32.2. The Kier molecular flexibility index (Phi) is 7.65. The van der Waals surface area contributed by atoms with Crippen molar-refractivity contribution in [3.05, 3.63) is 81.8 Å². The first-order chi connectivity index (χ1) is 19.6. The highest BCUT2D eigenvalue weighted by Gasteiger charge is 2.32. The van der Waals surface area contributed by atoms with Crippen molar-refractivity contribution in [3.8, 4) is 17.2 Å². The van der Waals surface area contributed by atoms with Gasteiger partial charge in [-0.15, -0.1) is 0 Å². The van der Waals surface area contributed by atoms with Gasteiger partial charge in [0.2, 0.25) is 5.95 Å². The van der Waals surface area contributed by atoms with Gasteiger partial charge in [-0.3, -0.25) is 14.1 Å². The minimum atomic E-state index is -4.31. The summed E-state index contributed by atoms with van der Waals surface area (Å²) < 4.78 is 73.3. The smallest absolute Gasteiger partial charge is 0.301 e. The van der Waals surface area contributed by atoms with Gasteiger partial charge in [0.1, 0.15) is 17.6 Å². The number of alkyl halides is 1. The number of halogens is 3. The fourth-order valence-electron chi connectivity index (χ4n) is 4.61. The third kappa shape index (κ3) is 5.72. The van der Waals surface area contributed by atoms with Crippen LogP contribution < -0.4 is 15.6 Å². The van der Waals surface area contributed by atoms with E-state index in [0.717, 1.165) is 26.6 Å². The summed E-state index contributed by atoms with van der Waals surface area (Å²) in [6.07, 6.45) is 0.660. The molecule has 0 unspecified atom stereocenters. The molecule has 0 amide bonds. The van der Waals surface area contributed by atoms with Gasteiger partial charge in [0.25, 0.3) is 5.56 Å². The molecule has 2 N–H and O–H groups in total. The number of rotatable bonds is 8. The molecule has 3 heterocycles. The van der Waals surface area contributed by atoms with E-state index >= 15 is 4.39 Å². The van der Waals surface area contributed by atoms with Crippen LogP contribution in [0.5, 0.6) is 0 Å². The molecule has 41 heavy (non-hydrogen) atoms. The van der Waals surface area contributed by atoms with Gasteiger partial charge in [-0.1, -0.05) is 12.1 Å². The SMILES string of the molecule is Cn1c(=O)c(-c2c(F)ccc(NS(=O)(=O)N3CC[C@@H](F)C3)c2F)cc2cnc(NCCc3cccc(C#N)c3)nc21. The van der Waals surface area contributed by atoms with E-state index in [0.29, 0.717) is 23.9 Å². The van der Waals surface area contributed by atoms with Gasteiger partial charge >= 0.3 is 10.2 Å². The van der Waals surface area contributed by atoms with E-state index in [1.54, 1.807) is 18.2 Å². The molecule has 1 aliphatic rings. The first-order valence-electron chi connectivity index (χ1n) is 12.6. The van der Waals surface area contributed by atoms with Crippen LogP contribution in [0.15, 0.2) is 53.5 Å². The third-order valence-corrected chi connectivity index (χ3v) is 8.22. The molecule has 10 nitrogen and oxygen atoms in total. The summed E-state index contributed by atoms with van der Waals surface area (Å²) in [6, 6.07) is 12.2. The lowest BCUT2D eigenvalue weighted by atomic mass is 10.0. The number of nitrogens with one attached hydrogen (secondary N) is 2. The van der Waals surface area contributed by atoms with Crippen LogP contribution in [0.4, 0.5) is 24.8 Å². The maximum Gasteiger partial charge on any atom is 0.301 e. The van der Waals surface area contributed by atoms with Gasteiger partial charge in [0.05, 0.1) is 28.4 Å². The number of fused-ring (bicyclic) bond motifs is 1. The van der Waals surface area contributed by atoms with Crippen LogP contribution in [-0.2, 0) is 23.7 Å². The molecule has 1 fully saturated rings. The third-order valence-electron chi connectivity index (χ3n) is 6.73. The number of aryl methyl sites for hydroxylation is 1. The number of hydrogen-bond acceptors (Lipinski definition) is 7. The first-order valence-corrected chi connectivity index (χ1v) is 14.0. The molecular formula is C27H24F3N7O3S. The molecule has 1 aliphatic heterocycles. The molecule has 0 bridgehead atoms. The highest BCUT2D eigenvalue weighted by molar-refractivity contribution is 7.90. The van der Waals surface area contributed by atoms with Crippen molar-refractivity contribution in [3.63, 3.8) is 0 Å². The minimum absolute atomic E-state index is 0.0146. The van der Waals surface area contributed by atoms with E-state index in [-0.39, 0.29) is 36.7 Å². The molecule has 212 valence electrons. The Balaban J connectivity index is 1.43. The molecule has 1 saturated heterocycles. The molecule has 4 aromatic rings. The molecule has 1 atom stereocenters. The zero-order valence-electron chi connectivity index (χ0n) is 21.7. The monoisotopic (exact) mass is 583 g/mol. The highest BCUT2D eigenvalue weighted by Crippen LogP contribution is 2.31. The summed E-state index contributed by atoms with van der Waals surface area (Å²) in [5, 5.41) is 12.4. The maximum absolute atomic E-state index is 15.5. The lowest BCUT2D eigenvalue weighted by Gasteiger charge is -2.18. The van der Waals surface area contributed by atoms with Gasteiger partial charge in [-0.2, -0.15) is 23.0 Å². The van der Waals surface area contributed by atoms with Crippen molar-refractivity contribution in [2.24, 2.45) is 7.05 Å². The Hall–Kier alpha value is -4.48. The molecule has 0 radical (unpaired) electrons. The zero-order chi connectivity index (χ0) is 29.3. The van der Waals surface area contributed by atoms with Crippen molar-refractivity contribution >= 4 is 32.9 Å². The Morgan fingerprint density at radius 1 is 1.20 bits per heavy atom. The minimum Gasteiger partial charge on any atom is -0.354 e. The molecule has 0 spiro atoms. The second-order valence-electron chi connectivity index (χ2n) is 9.52. The van der Waals surface area contributed by atoms with Crippen LogP contribution in [0.1, 0.15) is 17.5 Å². The van der Waals surface area contributed by atoms with E-state index in [2.05, 4.69) is 21.4 Å². The molecule has 5 rings (SSSR count). The van der Waals surface area contributed by atoms with Crippen molar-refractivity contribution in [1.29, 1.82) is 5.26 Å². The van der Waals surface area contributed by atoms with Crippen LogP contribution >= 0.6 is 0 Å². The summed E-state index contributed by atoms with van der Waals surface area (Å²) in [5.41, 5.74) is -0.741. The summed E-state index contributed by atoms with van der Waals surface area (Å²) in [5.74, 6) is -2.14. The van der Waals surface area contributed by atoms with Gasteiger partial charge in [0.15, 0.2) is 5.82 Å². The van der Waals surface area contributed by atoms with E-state index in [9.17, 15) is 22.0 Å². The lowest BCUT2D eigenvalue weighted by Crippen LogP contribution is -2.34. The number of nitriles is 1. The molecule has 2 aromatic heterocycles. The number of anilines is 2. The average molecular weight is 584 g/mol. The fourth-order valence-corrected chi connectivity index (χ4v) is 5.88. The molecular weight excluding hydrogens is 559 g/mol. The van der Waals surface area contributed by atoms with E-state index in [1.165, 1.54) is 19.3 Å². The number of pyridine rings is 1. The van der Waals surface area contributed by atoms with Crippen molar-refractivity contribution in [2.45, 2.75) is 19.0 Å². The number of benzene rings is 2. The fraction of sp³-hybridized carbons (Fsp3) is 0.259. The molecule has 0 aliphatic carbocycles. The Bertz CT molecular complexity index is 1860. The van der Waals surface area contributed by atoms with Crippen molar-refractivity contribution in [2.75, 3.05) is 29.7 Å². The Morgan fingerprint density at radius 2 is 2.00 bits per heavy atom. The largest absolute Gasteiger partial charge is 0.354 e. The average Bonchev–Trinajstić information content (AvgIpc) is 3.40. The lowest BCUT2D eigenvalue weighted by molar-refractivity contribution is 0.343. The van der Waals surface area contributed by atoms with Gasteiger partial charge in [0, 0.05) is 38.3 Å². The summed E-state index contributed by atoms with van der Waals surface area (Å²) in [6.45, 7) is -0.0149. The van der Waals surface area contributed by atoms with E-state index in [1.807, 2.05) is 10.8 Å². The normalized spacial score (nSPS) is 15.6. The molecule has 14 heteroatoms. The number of nitrogens with zero attached hydrogens (tertiary/aromatic N) is 5. The molecule has 0 saturated carbocycles. The van der Waals surface area contributed by atoms with Crippen LogP contribution in [-0.4, -0.2) is 53.1 Å². The standard InChI is InChI=1S/C27H24F3N7O3S/c1-36-25-18(14-33-27(34-25)32-9-7-16-3-2-4-17(11-16)13-31)12-20(26(36)38)23-21(29)5-6-22(24(23)30)35-41(39,40)37-10-8-19(28)15-37/h2-6,11-12,14,19,35H,7-10,15H2,1H3,(H,32,33,34)/t19-/m1/s1. The van der Waals surface area contributed by atoms with E-state index in [4.69, 9.17) is 5.26 Å². The van der Waals surface area contributed by atoms with Gasteiger partial charge in [-0.25, -0.2) is 18.2 Å². The second-order valence-corrected chi connectivity index (χ2v) is 11.2. The maximum atomic E-state index is 15.5. The van der Waals surface area contributed by atoms with Crippen LogP contribution in [0, 0.1) is 23.0 Å². The van der Waals surface area contributed by atoms with Crippen LogP contribution in [0.2, 0.25) is 0 Å². The van der Waals surface area contributed by atoms with Crippen LogP contribution in [0.3, 0.4) is 0 Å². The van der Waals surface area contributed by atoms with Gasteiger partial charge in [-0.05, 0) is 48.7 Å².